The van der Waals surface area contributed by atoms with Crippen LogP contribution in [-0.4, -0.2) is 55.6 Å². The largest absolute Gasteiger partial charge is 0.329 e. The van der Waals surface area contributed by atoms with Gasteiger partial charge in [-0.1, -0.05) is 19.8 Å². The quantitative estimate of drug-likeness (QED) is 0.668. The summed E-state index contributed by atoms with van der Waals surface area (Å²) in [4.78, 5) is 4.88. The maximum absolute atomic E-state index is 6.07. The van der Waals surface area contributed by atoms with E-state index in [2.05, 4.69) is 37.7 Å². The first kappa shape index (κ1) is 14.9. The molecule has 1 aliphatic rings. The van der Waals surface area contributed by atoms with Crippen molar-refractivity contribution in [3.05, 3.63) is 0 Å². The summed E-state index contributed by atoms with van der Waals surface area (Å²) >= 11 is 0. The van der Waals surface area contributed by atoms with Gasteiger partial charge in [0.05, 0.1) is 0 Å². The van der Waals surface area contributed by atoms with Crippen molar-refractivity contribution >= 4 is 0 Å². The molecule has 1 atom stereocenters. The highest BCUT2D eigenvalue weighted by Crippen LogP contribution is 2.38. The molecule has 102 valence electrons. The SMILES string of the molecule is CCCN(CCN(C)C)C(C)(CN)CC1CC1. The standard InChI is InChI=1S/C14H31N3/c1-5-8-17(10-9-16(3)4)14(2,12-15)11-13-6-7-13/h13H,5-12,15H2,1-4H3. The van der Waals surface area contributed by atoms with E-state index in [0.717, 1.165) is 25.6 Å². The van der Waals surface area contributed by atoms with Gasteiger partial charge in [0.2, 0.25) is 0 Å². The van der Waals surface area contributed by atoms with E-state index in [-0.39, 0.29) is 5.54 Å². The summed E-state index contributed by atoms with van der Waals surface area (Å²) in [5.41, 5.74) is 6.28. The highest BCUT2D eigenvalue weighted by Gasteiger charge is 2.36. The number of nitrogens with two attached hydrogens (primary N) is 1. The Hall–Kier alpha value is -0.120. The zero-order valence-corrected chi connectivity index (χ0v) is 12.2. The number of hydrogen-bond donors (Lipinski definition) is 1. The van der Waals surface area contributed by atoms with Gasteiger partial charge in [0, 0.05) is 25.2 Å². The molecule has 0 aliphatic heterocycles. The summed E-state index contributed by atoms with van der Waals surface area (Å²) < 4.78 is 0. The lowest BCUT2D eigenvalue weighted by Gasteiger charge is -2.41. The second kappa shape index (κ2) is 6.72. The van der Waals surface area contributed by atoms with E-state index in [1.807, 2.05) is 0 Å². The molecule has 2 N–H and O–H groups in total. The van der Waals surface area contributed by atoms with Crippen LogP contribution in [0.1, 0.15) is 39.5 Å². The number of rotatable bonds is 9. The van der Waals surface area contributed by atoms with Crippen molar-refractivity contribution in [1.29, 1.82) is 0 Å². The van der Waals surface area contributed by atoms with Crippen molar-refractivity contribution in [1.82, 2.24) is 9.80 Å². The Morgan fingerprint density at radius 3 is 2.24 bits per heavy atom. The summed E-state index contributed by atoms with van der Waals surface area (Å²) in [6.45, 7) is 8.85. The molecule has 1 aliphatic carbocycles. The molecule has 3 heteroatoms. The molecule has 0 heterocycles. The average molecular weight is 241 g/mol. The van der Waals surface area contributed by atoms with Crippen LogP contribution in [0.15, 0.2) is 0 Å². The third kappa shape index (κ3) is 4.94. The van der Waals surface area contributed by atoms with Gasteiger partial charge in [-0.05, 0) is 46.3 Å². The van der Waals surface area contributed by atoms with Crippen LogP contribution in [0, 0.1) is 5.92 Å². The first-order chi connectivity index (χ1) is 8.01. The summed E-state index contributed by atoms with van der Waals surface area (Å²) in [5.74, 6) is 0.947. The van der Waals surface area contributed by atoms with Crippen molar-refractivity contribution < 1.29 is 0 Å². The molecule has 0 amide bonds. The highest BCUT2D eigenvalue weighted by molar-refractivity contribution is 4.93. The summed E-state index contributed by atoms with van der Waals surface area (Å²) in [6.07, 6.45) is 5.34. The zero-order valence-electron chi connectivity index (χ0n) is 12.2. The van der Waals surface area contributed by atoms with Crippen LogP contribution >= 0.6 is 0 Å². The van der Waals surface area contributed by atoms with E-state index in [1.54, 1.807) is 0 Å². The third-order valence-electron chi connectivity index (χ3n) is 3.94. The second-order valence-corrected chi connectivity index (χ2v) is 6.14. The first-order valence-electron chi connectivity index (χ1n) is 7.11. The van der Waals surface area contributed by atoms with Crippen LogP contribution in [0.25, 0.3) is 0 Å². The Morgan fingerprint density at radius 1 is 1.18 bits per heavy atom. The van der Waals surface area contributed by atoms with Crippen LogP contribution in [0.2, 0.25) is 0 Å². The summed E-state index contributed by atoms with van der Waals surface area (Å²) in [6, 6.07) is 0. The van der Waals surface area contributed by atoms with E-state index in [1.165, 1.54) is 32.2 Å². The van der Waals surface area contributed by atoms with Gasteiger partial charge in [-0.15, -0.1) is 0 Å². The number of likely N-dealkylation sites (N-methyl/N-ethyl adjacent to an activating group) is 1. The van der Waals surface area contributed by atoms with Crippen LogP contribution in [-0.2, 0) is 0 Å². The molecule has 1 fully saturated rings. The average Bonchev–Trinajstić information content (AvgIpc) is 3.07. The second-order valence-electron chi connectivity index (χ2n) is 6.14. The molecular formula is C14H31N3. The lowest BCUT2D eigenvalue weighted by atomic mass is 9.92. The monoisotopic (exact) mass is 241 g/mol. The Bertz CT molecular complexity index is 214. The molecule has 0 aromatic rings. The Labute approximate surface area is 107 Å². The Morgan fingerprint density at radius 2 is 1.82 bits per heavy atom. The molecule has 0 aromatic heterocycles. The Kier molecular flexibility index (Phi) is 5.90. The normalized spacial score (nSPS) is 19.9. The van der Waals surface area contributed by atoms with Crippen molar-refractivity contribution in [3.8, 4) is 0 Å². The topological polar surface area (TPSA) is 32.5 Å². The minimum absolute atomic E-state index is 0.215. The van der Waals surface area contributed by atoms with Gasteiger partial charge in [0.15, 0.2) is 0 Å². The van der Waals surface area contributed by atoms with Gasteiger partial charge in [0.25, 0.3) is 0 Å². The molecule has 0 aromatic carbocycles. The smallest absolute Gasteiger partial charge is 0.0306 e. The molecule has 0 bridgehead atoms. The first-order valence-corrected chi connectivity index (χ1v) is 7.11. The highest BCUT2D eigenvalue weighted by atomic mass is 15.2. The fourth-order valence-corrected chi connectivity index (χ4v) is 2.53. The molecule has 17 heavy (non-hydrogen) atoms. The van der Waals surface area contributed by atoms with Crippen molar-refractivity contribution in [2.24, 2.45) is 11.7 Å². The molecule has 3 nitrogen and oxygen atoms in total. The van der Waals surface area contributed by atoms with E-state index < -0.39 is 0 Å². The van der Waals surface area contributed by atoms with Crippen molar-refractivity contribution in [3.63, 3.8) is 0 Å². The van der Waals surface area contributed by atoms with Gasteiger partial charge < -0.3 is 10.6 Å². The maximum Gasteiger partial charge on any atom is 0.0306 e. The minimum atomic E-state index is 0.215. The predicted octanol–water partition coefficient (Wildman–Crippen LogP) is 1.78. The van der Waals surface area contributed by atoms with E-state index >= 15 is 0 Å². The van der Waals surface area contributed by atoms with Crippen LogP contribution in [0.5, 0.6) is 0 Å². The van der Waals surface area contributed by atoms with E-state index in [0.29, 0.717) is 0 Å². The van der Waals surface area contributed by atoms with E-state index in [9.17, 15) is 0 Å². The Balaban J connectivity index is 2.55. The number of nitrogens with zero attached hydrogens (tertiary/aromatic N) is 2. The van der Waals surface area contributed by atoms with Crippen LogP contribution in [0.3, 0.4) is 0 Å². The predicted molar refractivity (Wildman–Crippen MR) is 75.2 cm³/mol. The fourth-order valence-electron chi connectivity index (χ4n) is 2.53. The molecule has 1 unspecified atom stereocenters. The van der Waals surface area contributed by atoms with Gasteiger partial charge in [0.1, 0.15) is 0 Å². The lowest BCUT2D eigenvalue weighted by Crippen LogP contribution is -2.54. The van der Waals surface area contributed by atoms with Crippen molar-refractivity contribution in [2.45, 2.75) is 45.1 Å². The molecule has 0 spiro atoms. The van der Waals surface area contributed by atoms with Gasteiger partial charge >= 0.3 is 0 Å². The molecule has 1 rings (SSSR count). The van der Waals surface area contributed by atoms with Crippen LogP contribution in [0.4, 0.5) is 0 Å². The molecular weight excluding hydrogens is 210 g/mol. The third-order valence-corrected chi connectivity index (χ3v) is 3.94. The maximum atomic E-state index is 6.07. The summed E-state index contributed by atoms with van der Waals surface area (Å²) in [7, 11) is 4.29. The van der Waals surface area contributed by atoms with Gasteiger partial charge in [-0.25, -0.2) is 0 Å². The summed E-state index contributed by atoms with van der Waals surface area (Å²) in [5, 5.41) is 0. The van der Waals surface area contributed by atoms with Crippen LogP contribution < -0.4 is 5.73 Å². The number of hydrogen-bond acceptors (Lipinski definition) is 3. The minimum Gasteiger partial charge on any atom is -0.329 e. The zero-order chi connectivity index (χ0) is 12.9. The lowest BCUT2D eigenvalue weighted by molar-refractivity contribution is 0.0874. The molecule has 0 saturated heterocycles. The molecule has 0 radical (unpaired) electrons. The van der Waals surface area contributed by atoms with Crippen molar-refractivity contribution in [2.75, 3.05) is 40.3 Å². The molecule has 1 saturated carbocycles. The van der Waals surface area contributed by atoms with E-state index in [4.69, 9.17) is 5.73 Å². The fraction of sp³-hybridized carbons (Fsp3) is 1.00. The van der Waals surface area contributed by atoms with Gasteiger partial charge in [-0.2, -0.15) is 0 Å². The van der Waals surface area contributed by atoms with Gasteiger partial charge in [-0.3, -0.25) is 4.90 Å².